The van der Waals surface area contributed by atoms with Crippen molar-refractivity contribution in [3.63, 3.8) is 0 Å². The van der Waals surface area contributed by atoms with E-state index < -0.39 is 11.4 Å². The minimum atomic E-state index is -0.525. The molecule has 9 nitrogen and oxygen atoms in total. The molecule has 1 amide bonds. The maximum absolute atomic E-state index is 13.0. The summed E-state index contributed by atoms with van der Waals surface area (Å²) >= 11 is 5.96. The van der Waals surface area contributed by atoms with E-state index in [0.29, 0.717) is 29.6 Å². The first kappa shape index (κ1) is 24.1. The molecule has 0 radical (unpaired) electrons. The molecule has 1 N–H and O–H groups in total. The number of aromatic nitrogens is 3. The van der Waals surface area contributed by atoms with Crippen molar-refractivity contribution >= 4 is 23.2 Å². The van der Waals surface area contributed by atoms with Gasteiger partial charge in [0.05, 0.1) is 18.8 Å². The second-order valence-corrected chi connectivity index (χ2v) is 7.82. The molecule has 0 aliphatic carbocycles. The number of nitrogens with zero attached hydrogens (tertiary/aromatic N) is 4. The highest BCUT2D eigenvalue weighted by molar-refractivity contribution is 6.30. The van der Waals surface area contributed by atoms with Gasteiger partial charge in [-0.25, -0.2) is 19.1 Å². The highest BCUT2D eigenvalue weighted by atomic mass is 35.5. The van der Waals surface area contributed by atoms with Gasteiger partial charge in [-0.1, -0.05) is 23.7 Å². The lowest BCUT2D eigenvalue weighted by Gasteiger charge is -2.15. The van der Waals surface area contributed by atoms with Gasteiger partial charge in [-0.15, -0.1) is 0 Å². The van der Waals surface area contributed by atoms with E-state index in [4.69, 9.17) is 16.3 Å². The molecule has 1 heterocycles. The van der Waals surface area contributed by atoms with Crippen LogP contribution in [0.3, 0.4) is 0 Å². The first-order valence-corrected chi connectivity index (χ1v) is 10.8. The van der Waals surface area contributed by atoms with E-state index in [1.165, 1.54) is 11.5 Å². The Morgan fingerprint density at radius 1 is 1.09 bits per heavy atom. The minimum Gasteiger partial charge on any atom is -0.492 e. The fourth-order valence-electron chi connectivity index (χ4n) is 3.03. The number of hydrogen-bond acceptors (Lipinski definition) is 5. The van der Waals surface area contributed by atoms with Crippen LogP contribution >= 0.6 is 11.6 Å². The lowest BCUT2D eigenvalue weighted by Crippen LogP contribution is -2.49. The van der Waals surface area contributed by atoms with Crippen molar-refractivity contribution in [3.8, 4) is 5.75 Å². The Morgan fingerprint density at radius 3 is 2.36 bits per heavy atom. The Kier molecular flexibility index (Phi) is 7.89. The number of aromatic amines is 1. The first-order chi connectivity index (χ1) is 15.8. The fourth-order valence-corrected chi connectivity index (χ4v) is 3.16. The number of carbonyl (C=O) groups is 1. The second kappa shape index (κ2) is 10.8. The van der Waals surface area contributed by atoms with Crippen LogP contribution in [-0.4, -0.2) is 45.1 Å². The number of likely N-dealkylation sites (N-methyl/N-ethyl adjacent to an activating group) is 1. The lowest BCUT2D eigenvalue weighted by atomic mass is 10.2. The molecule has 3 aromatic rings. The van der Waals surface area contributed by atoms with Gasteiger partial charge >= 0.3 is 11.4 Å². The van der Waals surface area contributed by atoms with Crippen LogP contribution in [-0.2, 0) is 17.9 Å². The minimum absolute atomic E-state index is 0.0290. The smallest absolute Gasteiger partial charge is 0.335 e. The number of H-pyrrole nitrogens is 1. The highest BCUT2D eigenvalue weighted by Crippen LogP contribution is 2.17. The molecule has 0 spiro atoms. The van der Waals surface area contributed by atoms with E-state index in [0.717, 1.165) is 10.1 Å². The van der Waals surface area contributed by atoms with Gasteiger partial charge in [0.15, 0.2) is 0 Å². The average molecular weight is 472 g/mol. The standard InChI is InChI=1S/C23H26ClN5O4/c1-4-28-22(31)26-21(29(23(28)32)15-17-5-7-18(24)8-6-17)25-19-9-11-20(12-10-19)33-14-13-27(3)16(2)30/h5-12H,4,13-15H2,1-3H3,(H,25,26,31). The number of hydrogen-bond donors (Lipinski definition) is 1. The molecule has 0 aliphatic rings. The molecular formula is C23H26ClN5O4. The Bertz CT molecular complexity index is 1290. The van der Waals surface area contributed by atoms with Crippen LogP contribution < -0.4 is 21.7 Å². The lowest BCUT2D eigenvalue weighted by molar-refractivity contribution is -0.127. The average Bonchev–Trinajstić information content (AvgIpc) is 2.79. The summed E-state index contributed by atoms with van der Waals surface area (Å²) in [5, 5.41) is 0.594. The van der Waals surface area contributed by atoms with Crippen LogP contribution in [0.2, 0.25) is 5.02 Å². The molecule has 1 aromatic heterocycles. The number of ether oxygens (including phenoxy) is 1. The Morgan fingerprint density at radius 2 is 1.76 bits per heavy atom. The summed E-state index contributed by atoms with van der Waals surface area (Å²) in [6.45, 7) is 4.51. The van der Waals surface area contributed by atoms with E-state index in [1.54, 1.807) is 55.3 Å². The van der Waals surface area contributed by atoms with Crippen LogP contribution in [0.15, 0.2) is 63.1 Å². The van der Waals surface area contributed by atoms with E-state index in [2.05, 4.69) is 9.98 Å². The normalized spacial score (nSPS) is 11.5. The van der Waals surface area contributed by atoms with Crippen LogP contribution in [0, 0.1) is 0 Å². The summed E-state index contributed by atoms with van der Waals surface area (Å²) in [6, 6.07) is 14.0. The Balaban J connectivity index is 1.90. The Labute approximate surface area is 195 Å². The van der Waals surface area contributed by atoms with Crippen LogP contribution in [0.25, 0.3) is 0 Å². The van der Waals surface area contributed by atoms with Crippen molar-refractivity contribution in [1.82, 2.24) is 19.0 Å². The molecule has 0 aliphatic heterocycles. The summed E-state index contributed by atoms with van der Waals surface area (Å²) < 4.78 is 8.18. The summed E-state index contributed by atoms with van der Waals surface area (Å²) in [5.74, 6) is 0.591. The molecule has 33 heavy (non-hydrogen) atoms. The van der Waals surface area contributed by atoms with Gasteiger partial charge in [0.25, 0.3) is 0 Å². The number of amides is 1. The number of halogens is 1. The molecule has 2 aromatic carbocycles. The van der Waals surface area contributed by atoms with Gasteiger partial charge in [0, 0.05) is 25.5 Å². The first-order valence-electron chi connectivity index (χ1n) is 10.5. The molecular weight excluding hydrogens is 446 g/mol. The third-order valence-corrected chi connectivity index (χ3v) is 5.31. The predicted molar refractivity (Wildman–Crippen MR) is 126 cm³/mol. The van der Waals surface area contributed by atoms with Crippen molar-refractivity contribution in [2.24, 2.45) is 4.99 Å². The maximum Gasteiger partial charge on any atom is 0.335 e. The van der Waals surface area contributed by atoms with Crippen molar-refractivity contribution in [3.05, 3.63) is 85.7 Å². The zero-order valence-electron chi connectivity index (χ0n) is 18.7. The molecule has 0 bridgehead atoms. The SMILES string of the molecule is CCn1c(=O)[nH]/c(=N\c2ccc(OCCN(C)C(C)=O)cc2)n(Cc2ccc(Cl)cc2)c1=O. The highest BCUT2D eigenvalue weighted by Gasteiger charge is 2.09. The van der Waals surface area contributed by atoms with Crippen LogP contribution in [0.5, 0.6) is 5.75 Å². The van der Waals surface area contributed by atoms with Crippen molar-refractivity contribution in [1.29, 1.82) is 0 Å². The van der Waals surface area contributed by atoms with Crippen LogP contribution in [0.4, 0.5) is 5.69 Å². The van der Waals surface area contributed by atoms with Crippen molar-refractivity contribution in [2.75, 3.05) is 20.2 Å². The molecule has 174 valence electrons. The molecule has 0 saturated heterocycles. The zero-order chi connectivity index (χ0) is 24.0. The monoisotopic (exact) mass is 471 g/mol. The van der Waals surface area contributed by atoms with Gasteiger partial charge in [-0.05, 0) is 48.9 Å². The van der Waals surface area contributed by atoms with Gasteiger partial charge in [-0.2, -0.15) is 0 Å². The fraction of sp³-hybridized carbons (Fsp3) is 0.304. The van der Waals surface area contributed by atoms with Crippen molar-refractivity contribution < 1.29 is 9.53 Å². The molecule has 3 rings (SSSR count). The number of nitrogens with one attached hydrogen (secondary N) is 1. The quantitative estimate of drug-likeness (QED) is 0.543. The van der Waals surface area contributed by atoms with Gasteiger partial charge in [0.1, 0.15) is 12.4 Å². The third kappa shape index (κ3) is 6.23. The molecule has 10 heteroatoms. The zero-order valence-corrected chi connectivity index (χ0v) is 19.5. The van der Waals surface area contributed by atoms with E-state index in [9.17, 15) is 14.4 Å². The van der Waals surface area contributed by atoms with E-state index in [1.807, 2.05) is 12.1 Å². The number of rotatable bonds is 8. The third-order valence-electron chi connectivity index (χ3n) is 5.06. The van der Waals surface area contributed by atoms with Crippen molar-refractivity contribution in [2.45, 2.75) is 26.9 Å². The van der Waals surface area contributed by atoms with Gasteiger partial charge in [0.2, 0.25) is 11.5 Å². The molecule has 0 atom stereocenters. The predicted octanol–water partition coefficient (Wildman–Crippen LogP) is 2.15. The summed E-state index contributed by atoms with van der Waals surface area (Å²) in [4.78, 5) is 45.3. The molecule has 0 fully saturated rings. The van der Waals surface area contributed by atoms with E-state index >= 15 is 0 Å². The molecule has 0 unspecified atom stereocenters. The Hall–Kier alpha value is -3.59. The number of benzene rings is 2. The maximum atomic E-state index is 13.0. The van der Waals surface area contributed by atoms with Crippen LogP contribution in [0.1, 0.15) is 19.4 Å². The molecule has 0 saturated carbocycles. The largest absolute Gasteiger partial charge is 0.492 e. The summed E-state index contributed by atoms with van der Waals surface area (Å²) in [5.41, 5.74) is 0.540. The topological polar surface area (TPSA) is 102 Å². The van der Waals surface area contributed by atoms with Gasteiger partial charge < -0.3 is 9.64 Å². The summed E-state index contributed by atoms with van der Waals surface area (Å²) in [6.07, 6.45) is 0. The van der Waals surface area contributed by atoms with E-state index in [-0.39, 0.29) is 24.6 Å². The number of carbonyl (C=O) groups excluding carboxylic acids is 1. The second-order valence-electron chi connectivity index (χ2n) is 7.39. The van der Waals surface area contributed by atoms with Gasteiger partial charge in [-0.3, -0.25) is 14.3 Å². The summed E-state index contributed by atoms with van der Waals surface area (Å²) in [7, 11) is 1.71.